The van der Waals surface area contributed by atoms with E-state index in [1.54, 1.807) is 0 Å². The molecule has 0 spiro atoms. The number of aromatic nitrogens is 3. The average molecular weight is 438 g/mol. The molecule has 6 nitrogen and oxygen atoms in total. The molecule has 1 aromatic carbocycles. The van der Waals surface area contributed by atoms with E-state index < -0.39 is 0 Å². The third kappa shape index (κ3) is 4.54. The minimum atomic E-state index is 0.333. The largest absolute Gasteiger partial charge is 0.353 e. The first-order valence-corrected chi connectivity index (χ1v) is 11.7. The molecule has 2 aromatic heterocycles. The Kier molecular flexibility index (Phi) is 5.81. The SMILES string of the molecule is O=C(CC1CCCCC1)N1CCN(c2ccc(-c3nc4ccc(Cl)cc4[nH]3)cn2)CC1. The van der Waals surface area contributed by atoms with Gasteiger partial charge in [0.2, 0.25) is 5.91 Å². The third-order valence-electron chi connectivity index (χ3n) is 6.61. The topological polar surface area (TPSA) is 65.1 Å². The summed E-state index contributed by atoms with van der Waals surface area (Å²) in [6.45, 7) is 3.20. The Balaban J connectivity index is 1.19. The Morgan fingerprint density at radius 3 is 2.61 bits per heavy atom. The molecule has 31 heavy (non-hydrogen) atoms. The van der Waals surface area contributed by atoms with Crippen LogP contribution < -0.4 is 4.90 Å². The fraction of sp³-hybridized carbons (Fsp3) is 0.458. The molecule has 2 aliphatic rings. The summed E-state index contributed by atoms with van der Waals surface area (Å²) in [5.41, 5.74) is 2.75. The van der Waals surface area contributed by atoms with Crippen molar-refractivity contribution in [3.8, 4) is 11.4 Å². The van der Waals surface area contributed by atoms with Crippen molar-refractivity contribution in [2.75, 3.05) is 31.1 Å². The predicted molar refractivity (Wildman–Crippen MR) is 124 cm³/mol. The number of anilines is 1. The zero-order valence-electron chi connectivity index (χ0n) is 17.7. The standard InChI is InChI=1S/C24H28ClN5O/c25-19-7-8-20-21(15-19)28-24(27-20)18-6-9-22(26-16-18)29-10-12-30(13-11-29)23(31)14-17-4-2-1-3-5-17/h6-9,15-17H,1-5,10-14H2,(H,27,28). The van der Waals surface area contributed by atoms with Crippen LogP contribution in [0.5, 0.6) is 0 Å². The molecule has 3 aromatic rings. The van der Waals surface area contributed by atoms with Gasteiger partial charge in [-0.2, -0.15) is 0 Å². The fourth-order valence-corrected chi connectivity index (χ4v) is 4.96. The van der Waals surface area contributed by atoms with Gasteiger partial charge in [-0.3, -0.25) is 4.79 Å². The van der Waals surface area contributed by atoms with Crippen LogP contribution in [-0.2, 0) is 4.79 Å². The number of aromatic amines is 1. The number of H-pyrrole nitrogens is 1. The van der Waals surface area contributed by atoms with Crippen molar-refractivity contribution in [2.45, 2.75) is 38.5 Å². The van der Waals surface area contributed by atoms with Crippen LogP contribution in [0.15, 0.2) is 36.5 Å². The van der Waals surface area contributed by atoms with Crippen LogP contribution in [0.4, 0.5) is 5.82 Å². The molecule has 3 heterocycles. The third-order valence-corrected chi connectivity index (χ3v) is 6.84. The molecule has 0 bridgehead atoms. The highest BCUT2D eigenvalue weighted by molar-refractivity contribution is 6.31. The van der Waals surface area contributed by atoms with Gasteiger partial charge < -0.3 is 14.8 Å². The number of nitrogens with zero attached hydrogens (tertiary/aromatic N) is 4. The van der Waals surface area contributed by atoms with E-state index in [0.29, 0.717) is 16.8 Å². The molecule has 7 heteroatoms. The smallest absolute Gasteiger partial charge is 0.222 e. The number of imidazole rings is 1. The molecule has 0 unspecified atom stereocenters. The number of halogens is 1. The van der Waals surface area contributed by atoms with Gasteiger partial charge in [0.25, 0.3) is 0 Å². The lowest BCUT2D eigenvalue weighted by Crippen LogP contribution is -2.49. The summed E-state index contributed by atoms with van der Waals surface area (Å²) < 4.78 is 0. The molecule has 1 aliphatic heterocycles. The Labute approximate surface area is 187 Å². The minimum Gasteiger partial charge on any atom is -0.353 e. The Morgan fingerprint density at radius 1 is 1.06 bits per heavy atom. The van der Waals surface area contributed by atoms with Gasteiger partial charge in [-0.1, -0.05) is 30.9 Å². The highest BCUT2D eigenvalue weighted by Gasteiger charge is 2.25. The number of piperazine rings is 1. The van der Waals surface area contributed by atoms with Crippen LogP contribution in [0.3, 0.4) is 0 Å². The second-order valence-electron chi connectivity index (χ2n) is 8.73. The first-order chi connectivity index (χ1) is 15.2. The van der Waals surface area contributed by atoms with Crippen LogP contribution in [0.1, 0.15) is 38.5 Å². The number of rotatable bonds is 4. The Hall–Kier alpha value is -2.60. The molecular formula is C24H28ClN5O. The lowest BCUT2D eigenvalue weighted by molar-refractivity contribution is -0.132. The second-order valence-corrected chi connectivity index (χ2v) is 9.16. The maximum Gasteiger partial charge on any atom is 0.222 e. The predicted octanol–water partition coefficient (Wildman–Crippen LogP) is 4.90. The van der Waals surface area contributed by atoms with E-state index in [-0.39, 0.29) is 0 Å². The van der Waals surface area contributed by atoms with Crippen LogP contribution >= 0.6 is 11.6 Å². The highest BCUT2D eigenvalue weighted by atomic mass is 35.5. The highest BCUT2D eigenvalue weighted by Crippen LogP contribution is 2.27. The second kappa shape index (κ2) is 8.87. The van der Waals surface area contributed by atoms with Crippen molar-refractivity contribution >= 4 is 34.4 Å². The first kappa shape index (κ1) is 20.3. The van der Waals surface area contributed by atoms with Crippen molar-refractivity contribution in [2.24, 2.45) is 5.92 Å². The number of carbonyl (C=O) groups is 1. The number of amides is 1. The first-order valence-electron chi connectivity index (χ1n) is 11.3. The van der Waals surface area contributed by atoms with Gasteiger partial charge >= 0.3 is 0 Å². The molecule has 162 valence electrons. The molecular weight excluding hydrogens is 410 g/mol. The normalized spacial score (nSPS) is 18.0. The molecule has 2 fully saturated rings. The lowest BCUT2D eigenvalue weighted by Gasteiger charge is -2.36. The summed E-state index contributed by atoms with van der Waals surface area (Å²) in [5, 5.41) is 0.688. The van der Waals surface area contributed by atoms with Gasteiger partial charge in [-0.25, -0.2) is 9.97 Å². The number of hydrogen-bond donors (Lipinski definition) is 1. The van der Waals surface area contributed by atoms with E-state index in [0.717, 1.165) is 60.8 Å². The van der Waals surface area contributed by atoms with Crippen molar-refractivity contribution < 1.29 is 4.79 Å². The number of benzene rings is 1. The van der Waals surface area contributed by atoms with Crippen LogP contribution in [-0.4, -0.2) is 51.9 Å². The summed E-state index contributed by atoms with van der Waals surface area (Å²) in [5.74, 6) is 2.67. The Morgan fingerprint density at radius 2 is 1.87 bits per heavy atom. The van der Waals surface area contributed by atoms with E-state index in [2.05, 4.69) is 19.9 Å². The number of nitrogens with one attached hydrogen (secondary N) is 1. The quantitative estimate of drug-likeness (QED) is 0.630. The van der Waals surface area contributed by atoms with E-state index in [1.165, 1.54) is 32.1 Å². The molecule has 0 radical (unpaired) electrons. The summed E-state index contributed by atoms with van der Waals surface area (Å²) in [6, 6.07) is 9.71. The zero-order chi connectivity index (χ0) is 21.2. The van der Waals surface area contributed by atoms with Gasteiger partial charge in [0.1, 0.15) is 11.6 Å². The summed E-state index contributed by atoms with van der Waals surface area (Å²) in [7, 11) is 0. The number of pyridine rings is 1. The molecule has 0 atom stereocenters. The van der Waals surface area contributed by atoms with Gasteiger partial charge in [-0.05, 0) is 49.1 Å². The van der Waals surface area contributed by atoms with Crippen LogP contribution in [0.2, 0.25) is 5.02 Å². The Bertz CT molecular complexity index is 1050. The maximum absolute atomic E-state index is 12.7. The lowest BCUT2D eigenvalue weighted by atomic mass is 9.86. The van der Waals surface area contributed by atoms with Crippen molar-refractivity contribution in [3.63, 3.8) is 0 Å². The fourth-order valence-electron chi connectivity index (χ4n) is 4.78. The van der Waals surface area contributed by atoms with E-state index in [4.69, 9.17) is 11.6 Å². The van der Waals surface area contributed by atoms with Crippen molar-refractivity contribution in [1.82, 2.24) is 19.9 Å². The number of hydrogen-bond acceptors (Lipinski definition) is 4. The average Bonchev–Trinajstić information content (AvgIpc) is 3.23. The molecule has 1 amide bonds. The molecule has 5 rings (SSSR count). The van der Waals surface area contributed by atoms with Crippen LogP contribution in [0.25, 0.3) is 22.4 Å². The van der Waals surface area contributed by atoms with Crippen LogP contribution in [0, 0.1) is 5.92 Å². The van der Waals surface area contributed by atoms with Gasteiger partial charge in [0.05, 0.1) is 11.0 Å². The maximum atomic E-state index is 12.7. The van der Waals surface area contributed by atoms with E-state index >= 15 is 0 Å². The van der Waals surface area contributed by atoms with Gasteiger partial charge in [-0.15, -0.1) is 0 Å². The molecule has 1 saturated carbocycles. The minimum absolute atomic E-state index is 0.333. The number of carbonyl (C=O) groups excluding carboxylic acids is 1. The molecule has 1 saturated heterocycles. The van der Waals surface area contributed by atoms with Gasteiger partial charge in [0.15, 0.2) is 0 Å². The number of fused-ring (bicyclic) bond motifs is 1. The van der Waals surface area contributed by atoms with E-state index in [1.807, 2.05) is 41.4 Å². The van der Waals surface area contributed by atoms with Crippen molar-refractivity contribution in [1.29, 1.82) is 0 Å². The van der Waals surface area contributed by atoms with Gasteiger partial charge in [0, 0.05) is 49.4 Å². The summed E-state index contributed by atoms with van der Waals surface area (Å²) in [4.78, 5) is 29.6. The molecule has 1 N–H and O–H groups in total. The van der Waals surface area contributed by atoms with Crippen molar-refractivity contribution in [3.05, 3.63) is 41.6 Å². The summed E-state index contributed by atoms with van der Waals surface area (Å²) in [6.07, 6.45) is 8.94. The van der Waals surface area contributed by atoms with E-state index in [9.17, 15) is 4.79 Å². The zero-order valence-corrected chi connectivity index (χ0v) is 18.4. The molecule has 1 aliphatic carbocycles. The monoisotopic (exact) mass is 437 g/mol. The summed E-state index contributed by atoms with van der Waals surface area (Å²) >= 11 is 6.07.